The summed E-state index contributed by atoms with van der Waals surface area (Å²) < 4.78 is 0. The molecule has 2 atom stereocenters. The summed E-state index contributed by atoms with van der Waals surface area (Å²) in [5.74, 6) is 0.400. The van der Waals surface area contributed by atoms with Gasteiger partial charge in [0.2, 0.25) is 0 Å². The number of phenols is 1. The average Bonchev–Trinajstić information content (AvgIpc) is 3.34. The van der Waals surface area contributed by atoms with Gasteiger partial charge in [-0.25, -0.2) is 0 Å². The van der Waals surface area contributed by atoms with Crippen LogP contribution < -0.4 is 5.30 Å². The lowest BCUT2D eigenvalue weighted by molar-refractivity contribution is 0.432. The van der Waals surface area contributed by atoms with Crippen LogP contribution in [0, 0.1) is 6.92 Å². The summed E-state index contributed by atoms with van der Waals surface area (Å²) in [5, 5.41) is 15.8. The zero-order valence-corrected chi connectivity index (χ0v) is 24.6. The maximum absolute atomic E-state index is 12.1. The Labute approximate surface area is 239 Å². The molecule has 1 fully saturated rings. The first-order valence-electron chi connectivity index (χ1n) is 14.1. The quantitative estimate of drug-likeness (QED) is 0.226. The Morgan fingerprint density at radius 1 is 0.775 bits per heavy atom. The van der Waals surface area contributed by atoms with Gasteiger partial charge in [0.1, 0.15) is 5.75 Å². The van der Waals surface area contributed by atoms with Crippen molar-refractivity contribution in [2.75, 3.05) is 6.16 Å². The lowest BCUT2D eigenvalue weighted by Gasteiger charge is -2.35. The minimum absolute atomic E-state index is 0.196. The number of fused-ring (bicyclic) bond motifs is 1. The molecule has 5 aromatic carbocycles. The molecule has 0 radical (unpaired) electrons. The van der Waals surface area contributed by atoms with Crippen molar-refractivity contribution in [2.24, 2.45) is 4.99 Å². The molecule has 5 aromatic rings. The predicted molar refractivity (Wildman–Crippen MR) is 172 cm³/mol. The third-order valence-electron chi connectivity index (χ3n) is 8.20. The van der Waals surface area contributed by atoms with Crippen molar-refractivity contribution in [3.05, 3.63) is 138 Å². The summed E-state index contributed by atoms with van der Waals surface area (Å²) in [6.45, 7) is 8.68. The summed E-state index contributed by atoms with van der Waals surface area (Å²) in [7, 11) is -0.739. The SMILES string of the molecule is Cc1cc(C(C)(C)C)c(O)c(C2(c3ccccc3)CCP(c3ccccc3)C2=Nc2cccc3ccccc23)c1. The molecule has 0 aromatic heterocycles. The first-order valence-corrected chi connectivity index (χ1v) is 15.6. The van der Waals surface area contributed by atoms with Crippen LogP contribution in [0.15, 0.2) is 120 Å². The van der Waals surface area contributed by atoms with Crippen molar-refractivity contribution < 1.29 is 5.11 Å². The van der Waals surface area contributed by atoms with E-state index in [1.165, 1.54) is 16.3 Å². The number of rotatable bonds is 4. The normalized spacial score (nSPS) is 20.3. The standard InChI is InChI=1S/C37H36NOP/c1-26-24-31(36(2,3)4)34(39)32(25-26)37(28-16-7-5-8-17-28)22-23-40(29-18-9-6-10-19-29)35(37)38-33-21-13-15-27-14-11-12-20-30(27)33/h5-21,24-25,39H,22-23H2,1-4H3. The molecular weight excluding hydrogens is 505 g/mol. The van der Waals surface area contributed by atoms with Gasteiger partial charge in [-0.15, -0.1) is 0 Å². The van der Waals surface area contributed by atoms with E-state index < -0.39 is 13.3 Å². The van der Waals surface area contributed by atoms with Crippen LogP contribution in [0.1, 0.15) is 49.4 Å². The van der Waals surface area contributed by atoms with Gasteiger partial charge in [-0.3, -0.25) is 4.99 Å². The van der Waals surface area contributed by atoms with E-state index in [4.69, 9.17) is 4.99 Å². The molecular formula is C37H36NOP. The molecule has 0 amide bonds. The fraction of sp³-hybridized carbons (Fsp3) is 0.216. The fourth-order valence-electron chi connectivity index (χ4n) is 6.25. The van der Waals surface area contributed by atoms with E-state index in [-0.39, 0.29) is 5.41 Å². The third-order valence-corrected chi connectivity index (χ3v) is 10.8. The predicted octanol–water partition coefficient (Wildman–Crippen LogP) is 9.38. The molecule has 1 heterocycles. The Morgan fingerprint density at radius 2 is 1.43 bits per heavy atom. The Morgan fingerprint density at radius 3 is 2.15 bits per heavy atom. The molecule has 0 spiro atoms. The molecule has 1 aliphatic rings. The van der Waals surface area contributed by atoms with E-state index in [2.05, 4.69) is 143 Å². The second kappa shape index (κ2) is 10.3. The Balaban J connectivity index is 1.72. The van der Waals surface area contributed by atoms with Crippen LogP contribution in [-0.2, 0) is 10.8 Å². The monoisotopic (exact) mass is 541 g/mol. The van der Waals surface area contributed by atoms with E-state index in [0.29, 0.717) is 5.75 Å². The number of hydrogen-bond donors (Lipinski definition) is 1. The number of aliphatic imine (C=N–C) groups is 1. The van der Waals surface area contributed by atoms with Gasteiger partial charge in [-0.05, 0) is 60.7 Å². The van der Waals surface area contributed by atoms with Crippen molar-refractivity contribution in [1.29, 1.82) is 0 Å². The molecule has 1 aliphatic heterocycles. The lowest BCUT2D eigenvalue weighted by Crippen LogP contribution is -2.33. The third kappa shape index (κ3) is 4.55. The van der Waals surface area contributed by atoms with Crippen LogP contribution in [0.3, 0.4) is 0 Å². The van der Waals surface area contributed by atoms with Crippen LogP contribution >= 0.6 is 7.92 Å². The van der Waals surface area contributed by atoms with Crippen LogP contribution in [0.25, 0.3) is 10.8 Å². The lowest BCUT2D eigenvalue weighted by atomic mass is 9.70. The summed E-state index contributed by atoms with van der Waals surface area (Å²) in [6.07, 6.45) is 1.90. The summed E-state index contributed by atoms with van der Waals surface area (Å²) in [6, 6.07) is 40.9. The molecule has 40 heavy (non-hydrogen) atoms. The molecule has 2 nitrogen and oxygen atoms in total. The first-order chi connectivity index (χ1) is 19.3. The highest BCUT2D eigenvalue weighted by molar-refractivity contribution is 7.82. The van der Waals surface area contributed by atoms with Crippen LogP contribution in [0.2, 0.25) is 0 Å². The van der Waals surface area contributed by atoms with Gasteiger partial charge in [-0.2, -0.15) is 0 Å². The van der Waals surface area contributed by atoms with Gasteiger partial charge in [0.05, 0.1) is 16.6 Å². The zero-order chi connectivity index (χ0) is 27.9. The molecule has 6 rings (SSSR count). The van der Waals surface area contributed by atoms with E-state index in [0.717, 1.165) is 45.8 Å². The van der Waals surface area contributed by atoms with E-state index in [1.54, 1.807) is 0 Å². The van der Waals surface area contributed by atoms with Gasteiger partial charge < -0.3 is 5.11 Å². The smallest absolute Gasteiger partial charge is 0.123 e. The number of phenolic OH excluding ortho intramolecular Hbond substituents is 1. The minimum Gasteiger partial charge on any atom is -0.507 e. The van der Waals surface area contributed by atoms with E-state index in [1.807, 2.05) is 0 Å². The number of hydrogen-bond acceptors (Lipinski definition) is 2. The molecule has 0 saturated carbocycles. The van der Waals surface area contributed by atoms with Gasteiger partial charge in [0.15, 0.2) is 0 Å². The van der Waals surface area contributed by atoms with Crippen molar-refractivity contribution in [3.8, 4) is 5.75 Å². The Bertz CT molecular complexity index is 1700. The van der Waals surface area contributed by atoms with Crippen LogP contribution in [0.4, 0.5) is 5.69 Å². The number of aryl methyl sites for hydroxylation is 1. The van der Waals surface area contributed by atoms with Crippen LogP contribution in [-0.4, -0.2) is 16.7 Å². The van der Waals surface area contributed by atoms with Crippen molar-refractivity contribution >= 4 is 35.1 Å². The molecule has 0 bridgehead atoms. The highest BCUT2D eigenvalue weighted by Gasteiger charge is 2.50. The topological polar surface area (TPSA) is 32.6 Å². The second-order valence-electron chi connectivity index (χ2n) is 11.9. The average molecular weight is 542 g/mol. The maximum atomic E-state index is 12.1. The minimum atomic E-state index is -0.739. The molecule has 2 unspecified atom stereocenters. The van der Waals surface area contributed by atoms with Crippen LogP contribution in [0.5, 0.6) is 5.75 Å². The molecule has 3 heteroatoms. The molecule has 1 N–H and O–H groups in total. The summed E-state index contributed by atoms with van der Waals surface area (Å²) in [5.41, 5.74) is 5.72. The number of aromatic hydroxyl groups is 1. The second-order valence-corrected chi connectivity index (χ2v) is 14.1. The Kier molecular flexibility index (Phi) is 6.85. The molecule has 0 aliphatic carbocycles. The van der Waals surface area contributed by atoms with Crippen molar-refractivity contribution in [2.45, 2.75) is 44.9 Å². The molecule has 200 valence electrons. The van der Waals surface area contributed by atoms with Gasteiger partial charge >= 0.3 is 0 Å². The largest absolute Gasteiger partial charge is 0.507 e. The van der Waals surface area contributed by atoms with Crippen molar-refractivity contribution in [3.63, 3.8) is 0 Å². The molecule has 1 saturated heterocycles. The number of benzene rings is 5. The highest BCUT2D eigenvalue weighted by atomic mass is 31.1. The van der Waals surface area contributed by atoms with Gasteiger partial charge in [0, 0.05) is 10.9 Å². The zero-order valence-electron chi connectivity index (χ0n) is 23.7. The Hall–Kier alpha value is -3.74. The van der Waals surface area contributed by atoms with Crippen molar-refractivity contribution in [1.82, 2.24) is 0 Å². The fourth-order valence-corrected chi connectivity index (χ4v) is 9.10. The van der Waals surface area contributed by atoms with E-state index in [9.17, 15) is 5.11 Å². The first kappa shape index (κ1) is 26.5. The summed E-state index contributed by atoms with van der Waals surface area (Å²) >= 11 is 0. The van der Waals surface area contributed by atoms with Gasteiger partial charge in [-0.1, -0.05) is 136 Å². The maximum Gasteiger partial charge on any atom is 0.123 e. The van der Waals surface area contributed by atoms with Gasteiger partial charge in [0.25, 0.3) is 0 Å². The number of nitrogens with zero attached hydrogens (tertiary/aromatic N) is 1. The van der Waals surface area contributed by atoms with E-state index >= 15 is 0 Å². The highest BCUT2D eigenvalue weighted by Crippen LogP contribution is 2.60. The summed E-state index contributed by atoms with van der Waals surface area (Å²) in [4.78, 5) is 5.65.